The number of rotatable bonds is 4. The summed E-state index contributed by atoms with van der Waals surface area (Å²) >= 11 is 0. The number of aromatic nitrogens is 2. The number of phenolic OH excluding ortho intramolecular Hbond substituents is 1. The third-order valence-corrected chi connectivity index (χ3v) is 3.08. The highest BCUT2D eigenvalue weighted by Crippen LogP contribution is 2.26. The minimum absolute atomic E-state index is 0.0602. The summed E-state index contributed by atoms with van der Waals surface area (Å²) < 4.78 is 0. The van der Waals surface area contributed by atoms with Gasteiger partial charge in [0.25, 0.3) is 0 Å². The molecule has 2 atom stereocenters. The molecule has 0 spiro atoms. The maximum Gasteiger partial charge on any atom is 0.122 e. The third-order valence-electron chi connectivity index (χ3n) is 3.08. The Balaban J connectivity index is 2.12. The van der Waals surface area contributed by atoms with Crippen LogP contribution in [-0.2, 0) is 0 Å². The van der Waals surface area contributed by atoms with Crippen molar-refractivity contribution in [3.8, 4) is 5.75 Å². The van der Waals surface area contributed by atoms with Gasteiger partial charge in [0.1, 0.15) is 11.6 Å². The number of nitrogens with one attached hydrogen (secondary N) is 2. The maximum atomic E-state index is 9.89. The maximum absolute atomic E-state index is 9.89. The van der Waals surface area contributed by atoms with Crippen LogP contribution in [0.15, 0.2) is 30.6 Å². The molecule has 1 aromatic heterocycles. The predicted octanol–water partition coefficient (Wildman–Crippen LogP) is 2.84. The summed E-state index contributed by atoms with van der Waals surface area (Å²) in [5, 5.41) is 13.3. The molecule has 2 rings (SSSR count). The second kappa shape index (κ2) is 5.23. The lowest BCUT2D eigenvalue weighted by molar-refractivity contribution is 0.433. The first-order valence-corrected chi connectivity index (χ1v) is 6.12. The zero-order valence-corrected chi connectivity index (χ0v) is 10.9. The van der Waals surface area contributed by atoms with Crippen molar-refractivity contribution in [3.63, 3.8) is 0 Å². The number of aromatic amines is 1. The number of aryl methyl sites for hydroxylation is 1. The zero-order chi connectivity index (χ0) is 13.1. The molecule has 4 heteroatoms. The summed E-state index contributed by atoms with van der Waals surface area (Å²) in [7, 11) is 0. The molecule has 0 amide bonds. The number of nitrogens with zero attached hydrogens (tertiary/aromatic N) is 1. The summed E-state index contributed by atoms with van der Waals surface area (Å²) in [4.78, 5) is 7.31. The van der Waals surface area contributed by atoms with Gasteiger partial charge in [-0.2, -0.15) is 0 Å². The van der Waals surface area contributed by atoms with Gasteiger partial charge in [-0.25, -0.2) is 4.98 Å². The van der Waals surface area contributed by atoms with Gasteiger partial charge in [0, 0.05) is 24.0 Å². The molecular formula is C14H19N3O. The standard InChI is InChI=1S/C14H19N3O/c1-9-4-5-13(18)12(8-9)10(2)17-11(3)14-15-6-7-16-14/h4-8,10-11,17-18H,1-3H3,(H,15,16). The van der Waals surface area contributed by atoms with E-state index in [-0.39, 0.29) is 12.1 Å². The molecule has 0 bridgehead atoms. The molecule has 0 radical (unpaired) electrons. The number of hydrogen-bond donors (Lipinski definition) is 3. The monoisotopic (exact) mass is 245 g/mol. The van der Waals surface area contributed by atoms with E-state index >= 15 is 0 Å². The van der Waals surface area contributed by atoms with Crippen LogP contribution >= 0.6 is 0 Å². The van der Waals surface area contributed by atoms with Crippen LogP contribution in [0.25, 0.3) is 0 Å². The number of H-pyrrole nitrogens is 1. The topological polar surface area (TPSA) is 60.9 Å². The molecule has 0 fully saturated rings. The zero-order valence-electron chi connectivity index (χ0n) is 10.9. The first-order chi connectivity index (χ1) is 8.58. The van der Waals surface area contributed by atoms with Crippen LogP contribution in [0.3, 0.4) is 0 Å². The van der Waals surface area contributed by atoms with Crippen molar-refractivity contribution >= 4 is 0 Å². The molecular weight excluding hydrogens is 226 g/mol. The molecule has 1 aromatic carbocycles. The lowest BCUT2D eigenvalue weighted by atomic mass is 10.0. The molecule has 96 valence electrons. The van der Waals surface area contributed by atoms with Crippen molar-refractivity contribution in [1.82, 2.24) is 15.3 Å². The Morgan fingerprint density at radius 3 is 2.72 bits per heavy atom. The lowest BCUT2D eigenvalue weighted by Crippen LogP contribution is -2.23. The second-order valence-electron chi connectivity index (χ2n) is 4.65. The summed E-state index contributed by atoms with van der Waals surface area (Å²) in [5.74, 6) is 1.22. The highest BCUT2D eigenvalue weighted by molar-refractivity contribution is 5.37. The SMILES string of the molecule is Cc1ccc(O)c(C(C)NC(C)c2ncc[nH]2)c1. The van der Waals surface area contributed by atoms with E-state index in [2.05, 4.69) is 15.3 Å². The molecule has 0 saturated heterocycles. The number of hydrogen-bond acceptors (Lipinski definition) is 3. The Kier molecular flexibility index (Phi) is 3.67. The Hall–Kier alpha value is -1.81. The highest BCUT2D eigenvalue weighted by Gasteiger charge is 2.15. The molecule has 4 nitrogen and oxygen atoms in total. The van der Waals surface area contributed by atoms with Crippen LogP contribution in [-0.4, -0.2) is 15.1 Å². The van der Waals surface area contributed by atoms with E-state index < -0.39 is 0 Å². The molecule has 0 aliphatic rings. The number of imidazole rings is 1. The van der Waals surface area contributed by atoms with Crippen LogP contribution in [0.4, 0.5) is 0 Å². The van der Waals surface area contributed by atoms with Crippen molar-refractivity contribution in [2.45, 2.75) is 32.9 Å². The molecule has 2 unspecified atom stereocenters. The van der Waals surface area contributed by atoms with E-state index in [4.69, 9.17) is 0 Å². The molecule has 3 N–H and O–H groups in total. The van der Waals surface area contributed by atoms with Gasteiger partial charge in [-0.3, -0.25) is 0 Å². The fourth-order valence-electron chi connectivity index (χ4n) is 2.08. The number of benzene rings is 1. The molecule has 2 aromatic rings. The average Bonchev–Trinajstić information content (AvgIpc) is 2.85. The molecule has 1 heterocycles. The van der Waals surface area contributed by atoms with Crippen molar-refractivity contribution in [1.29, 1.82) is 0 Å². The Morgan fingerprint density at radius 2 is 2.06 bits per heavy atom. The Morgan fingerprint density at radius 1 is 1.28 bits per heavy atom. The van der Waals surface area contributed by atoms with Gasteiger partial charge in [-0.15, -0.1) is 0 Å². The van der Waals surface area contributed by atoms with Gasteiger partial charge in [0.05, 0.1) is 6.04 Å². The second-order valence-corrected chi connectivity index (χ2v) is 4.65. The van der Waals surface area contributed by atoms with E-state index in [9.17, 15) is 5.11 Å². The fraction of sp³-hybridized carbons (Fsp3) is 0.357. The van der Waals surface area contributed by atoms with Crippen molar-refractivity contribution in [2.24, 2.45) is 0 Å². The van der Waals surface area contributed by atoms with Gasteiger partial charge in [-0.1, -0.05) is 17.7 Å². The molecule has 18 heavy (non-hydrogen) atoms. The Labute approximate surface area is 107 Å². The van der Waals surface area contributed by atoms with Crippen LogP contribution in [0, 0.1) is 6.92 Å². The van der Waals surface area contributed by atoms with Gasteiger partial charge < -0.3 is 15.4 Å². The van der Waals surface area contributed by atoms with E-state index in [0.29, 0.717) is 5.75 Å². The van der Waals surface area contributed by atoms with Gasteiger partial charge in [-0.05, 0) is 26.8 Å². The van der Waals surface area contributed by atoms with E-state index in [1.165, 1.54) is 0 Å². The molecule has 0 saturated carbocycles. The quantitative estimate of drug-likeness (QED) is 0.776. The van der Waals surface area contributed by atoms with Crippen molar-refractivity contribution in [2.75, 3.05) is 0 Å². The van der Waals surface area contributed by atoms with E-state index in [0.717, 1.165) is 17.0 Å². The minimum atomic E-state index is 0.0602. The minimum Gasteiger partial charge on any atom is -0.508 e. The van der Waals surface area contributed by atoms with Crippen LogP contribution in [0.2, 0.25) is 0 Å². The number of aromatic hydroxyl groups is 1. The molecule has 0 aliphatic heterocycles. The third kappa shape index (κ3) is 2.71. The summed E-state index contributed by atoms with van der Waals surface area (Å²) in [6.07, 6.45) is 3.55. The number of phenols is 1. The molecule has 0 aliphatic carbocycles. The normalized spacial score (nSPS) is 14.4. The summed E-state index contributed by atoms with van der Waals surface area (Å²) in [6, 6.07) is 5.81. The summed E-state index contributed by atoms with van der Waals surface area (Å²) in [5.41, 5.74) is 2.05. The van der Waals surface area contributed by atoms with Gasteiger partial charge in [0.15, 0.2) is 0 Å². The van der Waals surface area contributed by atoms with Crippen molar-refractivity contribution in [3.05, 3.63) is 47.5 Å². The average molecular weight is 245 g/mol. The van der Waals surface area contributed by atoms with Crippen LogP contribution in [0.1, 0.15) is 42.9 Å². The largest absolute Gasteiger partial charge is 0.508 e. The van der Waals surface area contributed by atoms with Gasteiger partial charge >= 0.3 is 0 Å². The van der Waals surface area contributed by atoms with E-state index in [1.54, 1.807) is 12.3 Å². The fourth-order valence-corrected chi connectivity index (χ4v) is 2.08. The smallest absolute Gasteiger partial charge is 0.122 e. The summed E-state index contributed by atoms with van der Waals surface area (Å²) in [6.45, 7) is 6.10. The van der Waals surface area contributed by atoms with E-state index in [1.807, 2.05) is 39.1 Å². The first kappa shape index (κ1) is 12.6. The van der Waals surface area contributed by atoms with Gasteiger partial charge in [0.2, 0.25) is 0 Å². The lowest BCUT2D eigenvalue weighted by Gasteiger charge is -2.20. The first-order valence-electron chi connectivity index (χ1n) is 6.12. The Bertz CT molecular complexity index is 508. The highest BCUT2D eigenvalue weighted by atomic mass is 16.3. The van der Waals surface area contributed by atoms with Crippen LogP contribution in [0.5, 0.6) is 5.75 Å². The predicted molar refractivity (Wildman–Crippen MR) is 71.4 cm³/mol. The van der Waals surface area contributed by atoms with Crippen LogP contribution < -0.4 is 5.32 Å². The van der Waals surface area contributed by atoms with Crippen molar-refractivity contribution < 1.29 is 5.11 Å².